The van der Waals surface area contributed by atoms with E-state index in [1.807, 2.05) is 36.7 Å². The molecule has 2 heterocycles. The molecule has 1 saturated heterocycles. The first-order chi connectivity index (χ1) is 9.92. The Bertz CT molecular complexity index is 518. The summed E-state index contributed by atoms with van der Waals surface area (Å²) in [5, 5.41) is 3.49. The second-order valence-corrected chi connectivity index (χ2v) is 5.22. The molecule has 1 aliphatic rings. The number of nitrogens with one attached hydrogen (secondary N) is 1. The normalized spacial score (nSPS) is 18.7. The lowest BCUT2D eigenvalue weighted by Crippen LogP contribution is -2.38. The van der Waals surface area contributed by atoms with Crippen LogP contribution in [0.25, 0.3) is 11.1 Å². The Labute approximate surface area is 120 Å². The molecule has 0 radical (unpaired) electrons. The summed E-state index contributed by atoms with van der Waals surface area (Å²) >= 11 is 0. The zero-order valence-corrected chi connectivity index (χ0v) is 11.6. The van der Waals surface area contributed by atoms with E-state index >= 15 is 0 Å². The highest BCUT2D eigenvalue weighted by molar-refractivity contribution is 5.63. The van der Waals surface area contributed by atoms with Crippen LogP contribution in [0, 0.1) is 0 Å². The Balaban J connectivity index is 1.58. The third-order valence-electron chi connectivity index (χ3n) is 3.73. The first kappa shape index (κ1) is 13.1. The SMILES string of the molecule is c1cc(-c2ccc(OCC3CCCCN3)cc2)ccn1. The van der Waals surface area contributed by atoms with Crippen LogP contribution in [0.5, 0.6) is 5.75 Å². The van der Waals surface area contributed by atoms with E-state index in [0.29, 0.717) is 6.04 Å². The average Bonchev–Trinajstić information content (AvgIpc) is 2.55. The monoisotopic (exact) mass is 268 g/mol. The van der Waals surface area contributed by atoms with Crippen molar-refractivity contribution in [1.82, 2.24) is 10.3 Å². The van der Waals surface area contributed by atoms with Crippen molar-refractivity contribution in [3.8, 4) is 16.9 Å². The zero-order valence-electron chi connectivity index (χ0n) is 11.6. The predicted octanol–water partition coefficient (Wildman–Crippen LogP) is 3.27. The maximum absolute atomic E-state index is 5.86. The second-order valence-electron chi connectivity index (χ2n) is 5.22. The highest BCUT2D eigenvalue weighted by atomic mass is 16.5. The Morgan fingerprint density at radius 1 is 1.00 bits per heavy atom. The van der Waals surface area contributed by atoms with Crippen LogP contribution in [0.15, 0.2) is 48.8 Å². The molecule has 0 spiro atoms. The van der Waals surface area contributed by atoms with Gasteiger partial charge in [0.25, 0.3) is 0 Å². The first-order valence-corrected chi connectivity index (χ1v) is 7.28. The maximum Gasteiger partial charge on any atom is 0.119 e. The molecule has 1 atom stereocenters. The molecular formula is C17H20N2O. The van der Waals surface area contributed by atoms with Gasteiger partial charge < -0.3 is 10.1 Å². The largest absolute Gasteiger partial charge is 0.492 e. The van der Waals surface area contributed by atoms with Crippen molar-refractivity contribution in [3.05, 3.63) is 48.8 Å². The maximum atomic E-state index is 5.86. The minimum absolute atomic E-state index is 0.503. The van der Waals surface area contributed by atoms with Crippen molar-refractivity contribution in [3.63, 3.8) is 0 Å². The van der Waals surface area contributed by atoms with Gasteiger partial charge in [0.2, 0.25) is 0 Å². The third-order valence-corrected chi connectivity index (χ3v) is 3.73. The van der Waals surface area contributed by atoms with Gasteiger partial charge in [0.15, 0.2) is 0 Å². The minimum atomic E-state index is 0.503. The van der Waals surface area contributed by atoms with Gasteiger partial charge in [-0.15, -0.1) is 0 Å². The first-order valence-electron chi connectivity index (χ1n) is 7.28. The lowest BCUT2D eigenvalue weighted by atomic mass is 10.1. The number of hydrogen-bond donors (Lipinski definition) is 1. The van der Waals surface area contributed by atoms with Crippen LogP contribution in [0.1, 0.15) is 19.3 Å². The Hall–Kier alpha value is -1.87. The molecule has 2 aromatic rings. The molecule has 1 unspecified atom stereocenters. The number of rotatable bonds is 4. The average molecular weight is 268 g/mol. The number of pyridine rings is 1. The van der Waals surface area contributed by atoms with Gasteiger partial charge in [0.1, 0.15) is 12.4 Å². The molecule has 0 aliphatic carbocycles. The van der Waals surface area contributed by atoms with Crippen LogP contribution in [0.4, 0.5) is 0 Å². The highest BCUT2D eigenvalue weighted by Gasteiger charge is 2.12. The molecule has 0 bridgehead atoms. The summed E-state index contributed by atoms with van der Waals surface area (Å²) in [6.45, 7) is 1.88. The van der Waals surface area contributed by atoms with Crippen LogP contribution in [-0.4, -0.2) is 24.2 Å². The molecule has 3 nitrogen and oxygen atoms in total. The number of benzene rings is 1. The molecule has 0 amide bonds. The van der Waals surface area contributed by atoms with E-state index in [9.17, 15) is 0 Å². The zero-order chi connectivity index (χ0) is 13.6. The third kappa shape index (κ3) is 3.36. The summed E-state index contributed by atoms with van der Waals surface area (Å²) in [4.78, 5) is 4.04. The fourth-order valence-corrected chi connectivity index (χ4v) is 2.55. The Kier molecular flexibility index (Phi) is 4.28. The van der Waals surface area contributed by atoms with E-state index in [2.05, 4.69) is 22.4 Å². The van der Waals surface area contributed by atoms with Gasteiger partial charge >= 0.3 is 0 Å². The van der Waals surface area contributed by atoms with Crippen molar-refractivity contribution in [2.75, 3.05) is 13.2 Å². The van der Waals surface area contributed by atoms with Crippen LogP contribution in [-0.2, 0) is 0 Å². The van der Waals surface area contributed by atoms with Crippen molar-refractivity contribution in [1.29, 1.82) is 0 Å². The quantitative estimate of drug-likeness (QED) is 0.924. The van der Waals surface area contributed by atoms with Gasteiger partial charge in [0, 0.05) is 18.4 Å². The summed E-state index contributed by atoms with van der Waals surface area (Å²) < 4.78 is 5.86. The van der Waals surface area contributed by atoms with Gasteiger partial charge in [-0.25, -0.2) is 0 Å². The Morgan fingerprint density at radius 2 is 1.75 bits per heavy atom. The molecule has 0 saturated carbocycles. The van der Waals surface area contributed by atoms with Crippen molar-refractivity contribution < 1.29 is 4.74 Å². The molecule has 3 heteroatoms. The Morgan fingerprint density at radius 3 is 2.45 bits per heavy atom. The van der Waals surface area contributed by atoms with E-state index in [0.717, 1.165) is 18.9 Å². The second kappa shape index (κ2) is 6.53. The van der Waals surface area contributed by atoms with Crippen LogP contribution in [0.3, 0.4) is 0 Å². The molecule has 20 heavy (non-hydrogen) atoms. The highest BCUT2D eigenvalue weighted by Crippen LogP contribution is 2.22. The van der Waals surface area contributed by atoms with Crippen LogP contribution in [0.2, 0.25) is 0 Å². The number of piperidine rings is 1. The van der Waals surface area contributed by atoms with Crippen LogP contribution >= 0.6 is 0 Å². The van der Waals surface area contributed by atoms with E-state index in [4.69, 9.17) is 4.74 Å². The van der Waals surface area contributed by atoms with Crippen molar-refractivity contribution in [2.45, 2.75) is 25.3 Å². The fraction of sp³-hybridized carbons (Fsp3) is 0.353. The summed E-state index contributed by atoms with van der Waals surface area (Å²) in [5.41, 5.74) is 2.37. The van der Waals surface area contributed by atoms with Crippen molar-refractivity contribution in [2.24, 2.45) is 0 Å². The topological polar surface area (TPSA) is 34.1 Å². The van der Waals surface area contributed by atoms with Crippen molar-refractivity contribution >= 4 is 0 Å². The molecule has 1 aliphatic heterocycles. The molecule has 3 rings (SSSR count). The van der Waals surface area contributed by atoms with E-state index in [-0.39, 0.29) is 0 Å². The smallest absolute Gasteiger partial charge is 0.119 e. The molecule has 1 aromatic heterocycles. The standard InChI is InChI=1S/C17H20N2O/c1-2-10-19-16(3-1)13-20-17-6-4-14(5-7-17)15-8-11-18-12-9-15/h4-9,11-12,16,19H,1-3,10,13H2. The summed E-state index contributed by atoms with van der Waals surface area (Å²) in [5.74, 6) is 0.940. The van der Waals surface area contributed by atoms with Gasteiger partial charge in [-0.2, -0.15) is 0 Å². The van der Waals surface area contributed by atoms with E-state index in [1.165, 1.54) is 30.4 Å². The lowest BCUT2D eigenvalue weighted by molar-refractivity contribution is 0.239. The van der Waals surface area contributed by atoms with Gasteiger partial charge in [-0.3, -0.25) is 4.98 Å². The fourth-order valence-electron chi connectivity index (χ4n) is 2.55. The molecule has 104 valence electrons. The van der Waals surface area contributed by atoms with Crippen LogP contribution < -0.4 is 10.1 Å². The molecule has 1 N–H and O–H groups in total. The summed E-state index contributed by atoms with van der Waals surface area (Å²) in [7, 11) is 0. The number of nitrogens with zero attached hydrogens (tertiary/aromatic N) is 1. The molecule has 1 fully saturated rings. The summed E-state index contributed by atoms with van der Waals surface area (Å²) in [6, 6.07) is 12.8. The van der Waals surface area contributed by atoms with Gasteiger partial charge in [0.05, 0.1) is 0 Å². The minimum Gasteiger partial charge on any atom is -0.492 e. The summed E-state index contributed by atoms with van der Waals surface area (Å²) in [6.07, 6.45) is 7.44. The molecule has 1 aromatic carbocycles. The lowest BCUT2D eigenvalue weighted by Gasteiger charge is -2.23. The predicted molar refractivity (Wildman–Crippen MR) is 80.8 cm³/mol. The number of aromatic nitrogens is 1. The van der Waals surface area contributed by atoms with E-state index in [1.54, 1.807) is 0 Å². The molecular weight excluding hydrogens is 248 g/mol. The number of ether oxygens (including phenoxy) is 1. The van der Waals surface area contributed by atoms with Gasteiger partial charge in [-0.1, -0.05) is 18.6 Å². The van der Waals surface area contributed by atoms with E-state index < -0.39 is 0 Å². The van der Waals surface area contributed by atoms with Gasteiger partial charge in [-0.05, 0) is 54.8 Å². The number of hydrogen-bond acceptors (Lipinski definition) is 3.